The Morgan fingerprint density at radius 2 is 1.41 bits per heavy atom. The maximum atomic E-state index is 12.1. The van der Waals surface area contributed by atoms with Gasteiger partial charge in [0, 0.05) is 0 Å². The second kappa shape index (κ2) is 10.9. The first-order valence-electron chi connectivity index (χ1n) is 8.60. The fourth-order valence-corrected chi connectivity index (χ4v) is 2.64. The van der Waals surface area contributed by atoms with Gasteiger partial charge in [0.15, 0.2) is 0 Å². The molecule has 3 aromatic rings. The van der Waals surface area contributed by atoms with E-state index in [-0.39, 0.29) is 22.8 Å². The molecule has 4 rings (SSSR count). The Kier molecular flexibility index (Phi) is 8.25. The second-order valence-corrected chi connectivity index (χ2v) is 5.79. The molecule has 0 N–H and O–H groups in total. The second-order valence-electron chi connectivity index (χ2n) is 5.79. The summed E-state index contributed by atoms with van der Waals surface area (Å²) in [6, 6.07) is 27.4. The Morgan fingerprint density at radius 3 is 2.04 bits per heavy atom. The minimum absolute atomic E-state index is 0. The molecule has 0 amide bonds. The molecule has 0 fully saturated rings. The van der Waals surface area contributed by atoms with Gasteiger partial charge in [-0.3, -0.25) is 0 Å². The predicted octanol–water partition coefficient (Wildman–Crippen LogP) is 3.55. The Morgan fingerprint density at radius 1 is 0.778 bits per heavy atom. The van der Waals surface area contributed by atoms with Gasteiger partial charge in [0.2, 0.25) is 0 Å². The number of hydrogen-bond acceptors (Lipinski definition) is 1. The number of allylic oxidation sites excluding steroid dienone is 5. The maximum Gasteiger partial charge on any atom is 2.00 e. The van der Waals surface area contributed by atoms with Gasteiger partial charge >= 0.3 is 17.1 Å². The zero-order valence-corrected chi connectivity index (χ0v) is 15.9. The number of hydrogen-bond donors (Lipinski definition) is 0. The zero-order chi connectivity index (χ0) is 18.0. The monoisotopic (exact) mass is 392 g/mol. The standard InChI is InChI=1S/C20H16O.C5H5.Fe/c21-20(18-11-2-1-3-12-18)15-14-17-10-6-7-13-19(17)16-8-4-5-9-16;1-2-4-5-3-1;/h1-15,21H;1-5H;/q;-1;+2/p-1. The van der Waals surface area contributed by atoms with E-state index in [9.17, 15) is 5.11 Å². The molecular formula is C25H20FeO. The topological polar surface area (TPSA) is 23.1 Å². The first kappa shape index (κ1) is 20.4. The van der Waals surface area contributed by atoms with E-state index in [1.165, 1.54) is 5.57 Å². The van der Waals surface area contributed by atoms with Crippen LogP contribution in [-0.4, -0.2) is 0 Å². The summed E-state index contributed by atoms with van der Waals surface area (Å²) in [7, 11) is 0. The van der Waals surface area contributed by atoms with E-state index >= 15 is 0 Å². The molecular weight excluding hydrogens is 372 g/mol. The van der Waals surface area contributed by atoms with Crippen LogP contribution < -0.4 is 15.5 Å². The summed E-state index contributed by atoms with van der Waals surface area (Å²) in [5.74, 6) is 0.0212. The molecule has 0 bridgehead atoms. The Bertz CT molecular complexity index is 992. The van der Waals surface area contributed by atoms with E-state index < -0.39 is 0 Å². The molecule has 0 spiro atoms. The van der Waals surface area contributed by atoms with E-state index in [4.69, 9.17) is 0 Å². The molecule has 1 aliphatic rings. The summed E-state index contributed by atoms with van der Waals surface area (Å²) >= 11 is 0. The third-order valence-electron chi connectivity index (χ3n) is 3.96. The van der Waals surface area contributed by atoms with Crippen LogP contribution in [0.15, 0.2) is 115 Å². The molecule has 0 heterocycles. The molecule has 1 nitrogen and oxygen atoms in total. The molecule has 0 radical (unpaired) electrons. The average molecular weight is 392 g/mol. The molecule has 134 valence electrons. The van der Waals surface area contributed by atoms with E-state index in [0.29, 0.717) is 5.56 Å². The van der Waals surface area contributed by atoms with Crippen LogP contribution in [0.5, 0.6) is 0 Å². The quantitative estimate of drug-likeness (QED) is 0.372. The molecule has 0 saturated heterocycles. The van der Waals surface area contributed by atoms with Gasteiger partial charge in [-0.2, -0.15) is 18.2 Å². The van der Waals surface area contributed by atoms with Crippen molar-refractivity contribution in [1.82, 2.24) is 0 Å². The SMILES string of the molecule is [Fe+2].[O-]C(=CC=c1ccccc1=C1C=CC=C1)c1ccccc1.c1cc[cH-]c1. The van der Waals surface area contributed by atoms with Crippen molar-refractivity contribution >= 4 is 17.4 Å². The Balaban J connectivity index is 0.000000379. The van der Waals surface area contributed by atoms with Crippen molar-refractivity contribution in [2.45, 2.75) is 0 Å². The Hall–Kier alpha value is -2.93. The van der Waals surface area contributed by atoms with Gasteiger partial charge in [-0.1, -0.05) is 91.1 Å². The molecule has 0 aliphatic heterocycles. The molecule has 0 saturated carbocycles. The minimum Gasteiger partial charge on any atom is -0.872 e. The van der Waals surface area contributed by atoms with Crippen LogP contribution in [0.3, 0.4) is 0 Å². The molecule has 3 aromatic carbocycles. The first-order chi connectivity index (χ1) is 12.8. The summed E-state index contributed by atoms with van der Waals surface area (Å²) in [6.45, 7) is 0. The fourth-order valence-electron chi connectivity index (χ4n) is 2.64. The van der Waals surface area contributed by atoms with E-state index in [1.54, 1.807) is 6.08 Å². The summed E-state index contributed by atoms with van der Waals surface area (Å²) in [5.41, 5.74) is 1.88. The van der Waals surface area contributed by atoms with Crippen LogP contribution >= 0.6 is 0 Å². The summed E-state index contributed by atoms with van der Waals surface area (Å²) in [4.78, 5) is 0. The summed E-state index contributed by atoms with van der Waals surface area (Å²) < 4.78 is 0. The minimum atomic E-state index is 0. The van der Waals surface area contributed by atoms with Gasteiger partial charge < -0.3 is 5.11 Å². The van der Waals surface area contributed by atoms with Crippen molar-refractivity contribution < 1.29 is 22.2 Å². The van der Waals surface area contributed by atoms with Gasteiger partial charge in [0.25, 0.3) is 0 Å². The smallest absolute Gasteiger partial charge is 0.872 e. The molecule has 0 aromatic heterocycles. The van der Waals surface area contributed by atoms with Crippen LogP contribution in [0.4, 0.5) is 0 Å². The van der Waals surface area contributed by atoms with Crippen LogP contribution in [-0.2, 0) is 17.1 Å². The third kappa shape index (κ3) is 6.07. The van der Waals surface area contributed by atoms with Gasteiger partial charge in [0.1, 0.15) is 0 Å². The molecule has 1 aliphatic carbocycles. The maximum absolute atomic E-state index is 12.1. The van der Waals surface area contributed by atoms with Crippen LogP contribution in [0.2, 0.25) is 0 Å². The Labute approximate surface area is 170 Å². The third-order valence-corrected chi connectivity index (χ3v) is 3.96. The summed E-state index contributed by atoms with van der Waals surface area (Å²) in [6.07, 6.45) is 11.7. The zero-order valence-electron chi connectivity index (χ0n) is 14.8. The van der Waals surface area contributed by atoms with Crippen molar-refractivity contribution in [3.8, 4) is 0 Å². The number of benzene rings is 2. The molecule has 0 atom stereocenters. The van der Waals surface area contributed by atoms with Gasteiger partial charge in [-0.05, 0) is 21.6 Å². The first-order valence-corrected chi connectivity index (χ1v) is 8.60. The van der Waals surface area contributed by atoms with Crippen molar-refractivity contribution in [3.05, 3.63) is 131 Å². The van der Waals surface area contributed by atoms with Crippen LogP contribution in [0, 0.1) is 0 Å². The largest absolute Gasteiger partial charge is 2.00 e. The molecule has 0 unspecified atom stereocenters. The normalized spacial score (nSPS) is 13.1. The van der Waals surface area contributed by atoms with E-state index in [1.807, 2.05) is 97.1 Å². The summed E-state index contributed by atoms with van der Waals surface area (Å²) in [5, 5.41) is 14.3. The van der Waals surface area contributed by atoms with Gasteiger partial charge in [-0.25, -0.2) is 12.1 Å². The fraction of sp³-hybridized carbons (Fsp3) is 0. The van der Waals surface area contributed by atoms with E-state index in [0.717, 1.165) is 10.4 Å². The van der Waals surface area contributed by atoms with E-state index in [2.05, 4.69) is 18.2 Å². The van der Waals surface area contributed by atoms with Crippen molar-refractivity contribution in [2.24, 2.45) is 0 Å². The van der Waals surface area contributed by atoms with Gasteiger partial charge in [-0.15, -0.1) is 5.76 Å². The molecule has 2 heteroatoms. The molecule has 27 heavy (non-hydrogen) atoms. The predicted molar refractivity (Wildman–Crippen MR) is 108 cm³/mol. The van der Waals surface area contributed by atoms with Crippen molar-refractivity contribution in [1.29, 1.82) is 0 Å². The van der Waals surface area contributed by atoms with Crippen LogP contribution in [0.1, 0.15) is 5.56 Å². The number of rotatable bonds is 2. The van der Waals surface area contributed by atoms with Crippen molar-refractivity contribution in [2.75, 3.05) is 0 Å². The van der Waals surface area contributed by atoms with Gasteiger partial charge in [0.05, 0.1) is 0 Å². The van der Waals surface area contributed by atoms with Crippen LogP contribution in [0.25, 0.3) is 17.4 Å². The average Bonchev–Trinajstić information content (AvgIpc) is 3.43. The van der Waals surface area contributed by atoms with Crippen molar-refractivity contribution in [3.63, 3.8) is 0 Å².